The monoisotopic (exact) mass is 228 g/mol. The Bertz CT molecular complexity index is 464. The maximum atomic E-state index is 12.3. The van der Waals surface area contributed by atoms with Gasteiger partial charge in [0.2, 0.25) is 5.91 Å². The van der Waals surface area contributed by atoms with Crippen LogP contribution < -0.4 is 0 Å². The third-order valence-corrected chi connectivity index (χ3v) is 4.69. The number of likely N-dealkylation sites (tertiary alicyclic amines) is 1. The molecule has 0 spiro atoms. The van der Waals surface area contributed by atoms with Crippen molar-refractivity contribution in [3.63, 3.8) is 0 Å². The molecule has 1 unspecified atom stereocenters. The second kappa shape index (κ2) is 3.09. The number of pyridine rings is 1. The third-order valence-electron chi connectivity index (χ3n) is 4.69. The first-order chi connectivity index (χ1) is 8.29. The Labute approximate surface area is 101 Å². The Morgan fingerprint density at radius 3 is 2.88 bits per heavy atom. The minimum Gasteiger partial charge on any atom is -0.342 e. The molecule has 2 aliphatic carbocycles. The van der Waals surface area contributed by atoms with Crippen LogP contribution in [0.15, 0.2) is 24.4 Å². The molecule has 1 aromatic heterocycles. The standard InChI is InChI=1S/C14H16N2O/c17-13(14-7-11(14)8-14)16-6-4-10(9-16)12-3-1-2-5-15-12/h1-3,5,10-11H,4,6-9H2. The summed E-state index contributed by atoms with van der Waals surface area (Å²) in [4.78, 5) is 18.7. The van der Waals surface area contributed by atoms with Crippen molar-refractivity contribution >= 4 is 5.91 Å². The van der Waals surface area contributed by atoms with E-state index in [1.165, 1.54) is 0 Å². The van der Waals surface area contributed by atoms with Crippen LogP contribution in [-0.2, 0) is 4.79 Å². The molecule has 3 aliphatic rings. The molecule has 3 fully saturated rings. The average Bonchev–Trinajstić information content (AvgIpc) is 3.16. The van der Waals surface area contributed by atoms with Gasteiger partial charge in [0.25, 0.3) is 0 Å². The van der Waals surface area contributed by atoms with Crippen LogP contribution in [0, 0.1) is 11.3 Å². The van der Waals surface area contributed by atoms with Gasteiger partial charge in [-0.25, -0.2) is 0 Å². The van der Waals surface area contributed by atoms with E-state index >= 15 is 0 Å². The van der Waals surface area contributed by atoms with E-state index in [-0.39, 0.29) is 5.41 Å². The average molecular weight is 228 g/mol. The van der Waals surface area contributed by atoms with Crippen molar-refractivity contribution in [2.24, 2.45) is 11.3 Å². The summed E-state index contributed by atoms with van der Waals surface area (Å²) in [7, 11) is 0. The summed E-state index contributed by atoms with van der Waals surface area (Å²) in [5, 5.41) is 0. The molecule has 88 valence electrons. The Balaban J connectivity index is 1.47. The SMILES string of the molecule is O=C(N1CCC(c2ccccn2)C1)C12CC1C2. The van der Waals surface area contributed by atoms with E-state index in [0.29, 0.717) is 11.8 Å². The van der Waals surface area contributed by atoms with Gasteiger partial charge in [0.05, 0.1) is 5.41 Å². The quantitative estimate of drug-likeness (QED) is 0.773. The Morgan fingerprint density at radius 2 is 2.24 bits per heavy atom. The molecule has 3 nitrogen and oxygen atoms in total. The fraction of sp³-hybridized carbons (Fsp3) is 0.571. The second-order valence-corrected chi connectivity index (χ2v) is 5.75. The maximum absolute atomic E-state index is 12.3. The second-order valence-electron chi connectivity index (χ2n) is 5.75. The van der Waals surface area contributed by atoms with Gasteiger partial charge < -0.3 is 4.90 Å². The summed E-state index contributed by atoms with van der Waals surface area (Å²) >= 11 is 0. The lowest BCUT2D eigenvalue weighted by molar-refractivity contribution is -0.133. The fourth-order valence-corrected chi connectivity index (χ4v) is 3.17. The zero-order valence-electron chi connectivity index (χ0n) is 9.80. The lowest BCUT2D eigenvalue weighted by Crippen LogP contribution is -2.32. The predicted octanol–water partition coefficient (Wildman–Crippen LogP) is 1.81. The zero-order valence-corrected chi connectivity index (χ0v) is 9.80. The molecule has 1 saturated heterocycles. The number of carbonyl (C=O) groups is 1. The predicted molar refractivity (Wildman–Crippen MR) is 63.3 cm³/mol. The van der Waals surface area contributed by atoms with E-state index in [1.807, 2.05) is 18.3 Å². The van der Waals surface area contributed by atoms with Crippen LogP contribution in [-0.4, -0.2) is 28.9 Å². The molecule has 0 radical (unpaired) electrons. The van der Waals surface area contributed by atoms with Crippen molar-refractivity contribution in [2.75, 3.05) is 13.1 Å². The molecular weight excluding hydrogens is 212 g/mol. The molecule has 0 N–H and O–H groups in total. The van der Waals surface area contributed by atoms with Gasteiger partial charge >= 0.3 is 0 Å². The van der Waals surface area contributed by atoms with Crippen molar-refractivity contribution in [3.8, 4) is 0 Å². The van der Waals surface area contributed by atoms with Crippen LogP contribution in [0.1, 0.15) is 30.9 Å². The van der Waals surface area contributed by atoms with Gasteiger partial charge in [-0.3, -0.25) is 9.78 Å². The highest BCUT2D eigenvalue weighted by Crippen LogP contribution is 2.76. The number of rotatable bonds is 2. The molecule has 2 saturated carbocycles. The molecular formula is C14H16N2O. The Hall–Kier alpha value is -1.38. The van der Waals surface area contributed by atoms with Crippen LogP contribution in [0.5, 0.6) is 0 Å². The smallest absolute Gasteiger partial charge is 0.229 e. The highest BCUT2D eigenvalue weighted by molar-refractivity contribution is 5.90. The van der Waals surface area contributed by atoms with Crippen molar-refractivity contribution in [3.05, 3.63) is 30.1 Å². The van der Waals surface area contributed by atoms with Crippen LogP contribution >= 0.6 is 0 Å². The first-order valence-corrected chi connectivity index (χ1v) is 6.50. The fourth-order valence-electron chi connectivity index (χ4n) is 3.17. The third kappa shape index (κ3) is 1.34. The molecule has 1 aliphatic heterocycles. The first-order valence-electron chi connectivity index (χ1n) is 6.50. The van der Waals surface area contributed by atoms with E-state index in [0.717, 1.165) is 44.0 Å². The molecule has 3 heteroatoms. The highest BCUT2D eigenvalue weighted by atomic mass is 16.2. The van der Waals surface area contributed by atoms with Crippen LogP contribution in [0.2, 0.25) is 0 Å². The van der Waals surface area contributed by atoms with Crippen molar-refractivity contribution < 1.29 is 4.79 Å². The Morgan fingerprint density at radius 1 is 1.41 bits per heavy atom. The topological polar surface area (TPSA) is 33.2 Å². The molecule has 0 aromatic carbocycles. The number of nitrogens with zero attached hydrogens (tertiary/aromatic N) is 2. The van der Waals surface area contributed by atoms with Gasteiger partial charge in [0.1, 0.15) is 0 Å². The first kappa shape index (κ1) is 9.63. The van der Waals surface area contributed by atoms with Gasteiger partial charge in [-0.05, 0) is 37.3 Å². The summed E-state index contributed by atoms with van der Waals surface area (Å²) in [5.41, 5.74) is 1.28. The minimum atomic E-state index is 0.138. The van der Waals surface area contributed by atoms with E-state index in [4.69, 9.17) is 0 Å². The maximum Gasteiger partial charge on any atom is 0.229 e. The largest absolute Gasteiger partial charge is 0.342 e. The van der Waals surface area contributed by atoms with Crippen LogP contribution in [0.3, 0.4) is 0 Å². The molecule has 0 bridgehead atoms. The zero-order chi connectivity index (χ0) is 11.5. The number of hydrogen-bond acceptors (Lipinski definition) is 2. The van der Waals surface area contributed by atoms with E-state index in [1.54, 1.807) is 0 Å². The van der Waals surface area contributed by atoms with Gasteiger partial charge in [-0.15, -0.1) is 0 Å². The van der Waals surface area contributed by atoms with E-state index in [9.17, 15) is 4.79 Å². The Kier molecular flexibility index (Phi) is 1.75. The van der Waals surface area contributed by atoms with Crippen molar-refractivity contribution in [2.45, 2.75) is 25.2 Å². The normalized spacial score (nSPS) is 37.8. The molecule has 1 amide bonds. The van der Waals surface area contributed by atoms with Crippen LogP contribution in [0.4, 0.5) is 0 Å². The molecule has 1 atom stereocenters. The summed E-state index contributed by atoms with van der Waals surface area (Å²) in [5.74, 6) is 1.64. The number of fused-ring (bicyclic) bond motifs is 1. The van der Waals surface area contributed by atoms with Crippen molar-refractivity contribution in [1.29, 1.82) is 0 Å². The lowest BCUT2D eigenvalue weighted by Gasteiger charge is -2.18. The van der Waals surface area contributed by atoms with E-state index < -0.39 is 0 Å². The van der Waals surface area contributed by atoms with Gasteiger partial charge in [-0.1, -0.05) is 6.07 Å². The highest BCUT2D eigenvalue weighted by Gasteiger charge is 2.75. The number of amides is 1. The summed E-state index contributed by atoms with van der Waals surface area (Å²) in [6.07, 6.45) is 5.24. The number of hydrogen-bond donors (Lipinski definition) is 0. The molecule has 17 heavy (non-hydrogen) atoms. The van der Waals surface area contributed by atoms with Gasteiger partial charge in [-0.2, -0.15) is 0 Å². The summed E-state index contributed by atoms with van der Waals surface area (Å²) in [6, 6.07) is 6.05. The number of carbonyl (C=O) groups excluding carboxylic acids is 1. The van der Waals surface area contributed by atoms with Crippen molar-refractivity contribution in [1.82, 2.24) is 9.88 Å². The minimum absolute atomic E-state index is 0.138. The van der Waals surface area contributed by atoms with Gasteiger partial charge in [0.15, 0.2) is 0 Å². The molecule has 2 heterocycles. The molecule has 1 aromatic rings. The summed E-state index contributed by atoms with van der Waals surface area (Å²) in [6.45, 7) is 1.80. The van der Waals surface area contributed by atoms with E-state index in [2.05, 4.69) is 16.0 Å². The molecule has 4 rings (SSSR count). The van der Waals surface area contributed by atoms with Gasteiger partial charge in [0, 0.05) is 30.9 Å². The number of aromatic nitrogens is 1. The summed E-state index contributed by atoms with van der Waals surface area (Å²) < 4.78 is 0. The lowest BCUT2D eigenvalue weighted by atomic mass is 10.0. The van der Waals surface area contributed by atoms with Crippen LogP contribution in [0.25, 0.3) is 0 Å².